The summed E-state index contributed by atoms with van der Waals surface area (Å²) >= 11 is 1.79. The first-order valence-corrected chi connectivity index (χ1v) is 10.5. The highest BCUT2D eigenvalue weighted by Crippen LogP contribution is 2.32. The van der Waals surface area contributed by atoms with Crippen molar-refractivity contribution >= 4 is 27.5 Å². The van der Waals surface area contributed by atoms with Crippen LogP contribution in [0.5, 0.6) is 5.75 Å². The van der Waals surface area contributed by atoms with Crippen LogP contribution in [0.4, 0.5) is 0 Å². The quantitative estimate of drug-likeness (QED) is 0.690. The van der Waals surface area contributed by atoms with Crippen molar-refractivity contribution in [1.82, 2.24) is 15.2 Å². The van der Waals surface area contributed by atoms with Crippen molar-refractivity contribution in [3.63, 3.8) is 0 Å². The molecule has 3 aromatic rings. The number of nitrogens with one attached hydrogen (secondary N) is 1. The van der Waals surface area contributed by atoms with E-state index in [1.807, 2.05) is 30.3 Å². The van der Waals surface area contributed by atoms with Crippen molar-refractivity contribution in [2.75, 3.05) is 26.7 Å². The zero-order chi connectivity index (χ0) is 19.3. The van der Waals surface area contributed by atoms with Gasteiger partial charge in [-0.1, -0.05) is 24.3 Å². The first kappa shape index (κ1) is 18.9. The Labute approximate surface area is 169 Å². The van der Waals surface area contributed by atoms with Crippen LogP contribution in [0.15, 0.2) is 48.5 Å². The molecule has 146 valence electrons. The van der Waals surface area contributed by atoms with Gasteiger partial charge in [0.15, 0.2) is 0 Å². The minimum Gasteiger partial charge on any atom is -0.497 e. The highest BCUT2D eigenvalue weighted by atomic mass is 32.1. The summed E-state index contributed by atoms with van der Waals surface area (Å²) in [5.41, 5.74) is 2.15. The number of thiazole rings is 1. The summed E-state index contributed by atoms with van der Waals surface area (Å²) in [7, 11) is 1.65. The maximum atomic E-state index is 12.4. The van der Waals surface area contributed by atoms with E-state index in [1.54, 1.807) is 18.4 Å². The summed E-state index contributed by atoms with van der Waals surface area (Å²) in [4.78, 5) is 19.5. The van der Waals surface area contributed by atoms with Crippen LogP contribution >= 0.6 is 11.3 Å². The third kappa shape index (κ3) is 4.51. The molecule has 5 nitrogen and oxygen atoms in total. The second-order valence-electron chi connectivity index (χ2n) is 7.22. The fourth-order valence-electron chi connectivity index (χ4n) is 3.67. The van der Waals surface area contributed by atoms with Gasteiger partial charge in [0.25, 0.3) is 0 Å². The first-order chi connectivity index (χ1) is 13.7. The maximum Gasteiger partial charge on any atom is 0.234 e. The number of likely N-dealkylation sites (tertiary alicyclic amines) is 1. The van der Waals surface area contributed by atoms with Gasteiger partial charge in [-0.15, -0.1) is 11.3 Å². The molecule has 0 aliphatic carbocycles. The Bertz CT molecular complexity index is 905. The Morgan fingerprint density at radius 3 is 2.86 bits per heavy atom. The van der Waals surface area contributed by atoms with Crippen molar-refractivity contribution in [1.29, 1.82) is 0 Å². The number of rotatable bonds is 6. The van der Waals surface area contributed by atoms with Crippen molar-refractivity contribution in [3.05, 3.63) is 59.1 Å². The van der Waals surface area contributed by atoms with Crippen molar-refractivity contribution in [2.24, 2.45) is 0 Å². The zero-order valence-corrected chi connectivity index (χ0v) is 16.9. The summed E-state index contributed by atoms with van der Waals surface area (Å²) in [5, 5.41) is 4.22. The van der Waals surface area contributed by atoms with Crippen LogP contribution in [0.2, 0.25) is 0 Å². The number of ether oxygens (including phenoxy) is 1. The van der Waals surface area contributed by atoms with Gasteiger partial charge in [0, 0.05) is 19.0 Å². The first-order valence-electron chi connectivity index (χ1n) is 9.69. The van der Waals surface area contributed by atoms with Gasteiger partial charge in [-0.2, -0.15) is 0 Å². The van der Waals surface area contributed by atoms with Gasteiger partial charge in [-0.25, -0.2) is 4.98 Å². The van der Waals surface area contributed by atoms with Gasteiger partial charge < -0.3 is 10.1 Å². The van der Waals surface area contributed by atoms with E-state index in [0.29, 0.717) is 19.0 Å². The number of methoxy groups -OCH3 is 1. The molecule has 1 fully saturated rings. The van der Waals surface area contributed by atoms with Crippen LogP contribution in [0.25, 0.3) is 10.2 Å². The Morgan fingerprint density at radius 1 is 1.25 bits per heavy atom. The lowest BCUT2D eigenvalue weighted by molar-refractivity contribution is -0.122. The summed E-state index contributed by atoms with van der Waals surface area (Å²) in [6.45, 7) is 2.85. The number of piperidine rings is 1. The molecule has 4 rings (SSSR count). The molecule has 0 unspecified atom stereocenters. The summed E-state index contributed by atoms with van der Waals surface area (Å²) in [5.74, 6) is 1.31. The van der Waals surface area contributed by atoms with Crippen LogP contribution in [0.1, 0.15) is 29.3 Å². The van der Waals surface area contributed by atoms with E-state index in [9.17, 15) is 4.79 Å². The number of hydrogen-bond donors (Lipinski definition) is 1. The van der Waals surface area contributed by atoms with Gasteiger partial charge in [0.05, 0.1) is 28.9 Å². The lowest BCUT2D eigenvalue weighted by atomic mass is 9.99. The molecule has 0 saturated carbocycles. The number of nitrogens with zero attached hydrogens (tertiary/aromatic N) is 2. The lowest BCUT2D eigenvalue weighted by Gasteiger charge is -2.31. The Balaban J connectivity index is 1.30. The number of benzene rings is 2. The van der Waals surface area contributed by atoms with E-state index in [0.717, 1.165) is 42.8 Å². The number of amides is 1. The number of carbonyl (C=O) groups is 1. The predicted octanol–water partition coefficient (Wildman–Crippen LogP) is 3.80. The molecule has 1 saturated heterocycles. The van der Waals surface area contributed by atoms with Crippen LogP contribution in [0, 0.1) is 0 Å². The topological polar surface area (TPSA) is 54.5 Å². The van der Waals surface area contributed by atoms with Gasteiger partial charge in [-0.05, 0) is 49.2 Å². The standard InChI is InChI=1S/C22H25N3O2S/c1-27-18-10-8-16(9-11-18)13-23-21(26)15-25-12-4-5-17(14-25)22-24-19-6-2-3-7-20(19)28-22/h2-3,6-11,17H,4-5,12-15H2,1H3,(H,23,26)/t17-/m0/s1. The third-order valence-corrected chi connectivity index (χ3v) is 6.38. The fraction of sp³-hybridized carbons (Fsp3) is 0.364. The van der Waals surface area contributed by atoms with Crippen LogP contribution < -0.4 is 10.1 Å². The largest absolute Gasteiger partial charge is 0.497 e. The number of para-hydroxylation sites is 1. The van der Waals surface area contributed by atoms with E-state index in [-0.39, 0.29) is 5.91 Å². The monoisotopic (exact) mass is 395 g/mol. The average molecular weight is 396 g/mol. The van der Waals surface area contributed by atoms with Crippen LogP contribution in [-0.2, 0) is 11.3 Å². The maximum absolute atomic E-state index is 12.4. The summed E-state index contributed by atoms with van der Waals surface area (Å²) in [6, 6.07) is 16.1. The molecule has 1 amide bonds. The van der Waals surface area contributed by atoms with E-state index in [4.69, 9.17) is 9.72 Å². The van der Waals surface area contributed by atoms with E-state index >= 15 is 0 Å². The number of hydrogen-bond acceptors (Lipinski definition) is 5. The Morgan fingerprint density at radius 2 is 2.07 bits per heavy atom. The molecule has 1 aliphatic rings. The molecule has 0 spiro atoms. The SMILES string of the molecule is COc1ccc(CNC(=O)CN2CCC[C@H](c3nc4ccccc4s3)C2)cc1. The van der Waals surface area contributed by atoms with Gasteiger partial charge in [0.2, 0.25) is 5.91 Å². The van der Waals surface area contributed by atoms with Gasteiger partial charge in [0.1, 0.15) is 5.75 Å². The Hall–Kier alpha value is -2.44. The minimum absolute atomic E-state index is 0.0702. The second kappa shape index (κ2) is 8.71. The number of fused-ring (bicyclic) bond motifs is 1. The van der Waals surface area contributed by atoms with Gasteiger partial charge in [-0.3, -0.25) is 9.69 Å². The highest BCUT2D eigenvalue weighted by molar-refractivity contribution is 7.18. The van der Waals surface area contributed by atoms with Crippen molar-refractivity contribution in [2.45, 2.75) is 25.3 Å². The molecule has 0 radical (unpaired) electrons. The lowest BCUT2D eigenvalue weighted by Crippen LogP contribution is -2.41. The van der Waals surface area contributed by atoms with Crippen LogP contribution in [-0.4, -0.2) is 42.5 Å². The molecule has 6 heteroatoms. The van der Waals surface area contributed by atoms with E-state index in [1.165, 1.54) is 9.71 Å². The van der Waals surface area contributed by atoms with E-state index < -0.39 is 0 Å². The molecular formula is C22H25N3O2S. The molecule has 1 atom stereocenters. The smallest absolute Gasteiger partial charge is 0.234 e. The van der Waals surface area contributed by atoms with Crippen molar-refractivity contribution in [3.8, 4) is 5.75 Å². The summed E-state index contributed by atoms with van der Waals surface area (Å²) < 4.78 is 6.41. The molecule has 1 aliphatic heterocycles. The van der Waals surface area contributed by atoms with Gasteiger partial charge >= 0.3 is 0 Å². The molecule has 1 aromatic heterocycles. The molecule has 28 heavy (non-hydrogen) atoms. The highest BCUT2D eigenvalue weighted by Gasteiger charge is 2.25. The van der Waals surface area contributed by atoms with Crippen LogP contribution in [0.3, 0.4) is 0 Å². The molecular weight excluding hydrogens is 370 g/mol. The second-order valence-corrected chi connectivity index (χ2v) is 8.28. The molecule has 1 N–H and O–H groups in total. The Kier molecular flexibility index (Phi) is 5.88. The minimum atomic E-state index is 0.0702. The average Bonchev–Trinajstić information content (AvgIpc) is 3.17. The summed E-state index contributed by atoms with van der Waals surface area (Å²) in [6.07, 6.45) is 2.25. The van der Waals surface area contributed by atoms with E-state index in [2.05, 4.69) is 28.4 Å². The zero-order valence-electron chi connectivity index (χ0n) is 16.1. The fourth-order valence-corrected chi connectivity index (χ4v) is 4.76. The molecule has 0 bridgehead atoms. The normalized spacial score (nSPS) is 17.5. The molecule has 2 heterocycles. The number of aromatic nitrogens is 1. The third-order valence-electron chi connectivity index (χ3n) is 5.18. The predicted molar refractivity (Wildman–Crippen MR) is 113 cm³/mol. The number of carbonyl (C=O) groups excluding carboxylic acids is 1. The van der Waals surface area contributed by atoms with Crippen molar-refractivity contribution < 1.29 is 9.53 Å². The molecule has 2 aromatic carbocycles.